The average Bonchev–Trinajstić information content (AvgIpc) is 3.01. The molecule has 0 spiro atoms. The number of allylic oxidation sites excluding steroid dienone is 2. The van der Waals surface area contributed by atoms with Crippen molar-refractivity contribution in [2.24, 2.45) is 0 Å². The Kier molecular flexibility index (Phi) is 2.67. The van der Waals surface area contributed by atoms with Crippen molar-refractivity contribution in [2.45, 2.75) is 6.92 Å². The second kappa shape index (κ2) is 4.86. The molecule has 0 aliphatic carbocycles. The van der Waals surface area contributed by atoms with Gasteiger partial charge in [0.1, 0.15) is 5.58 Å². The molecule has 4 aromatic rings. The summed E-state index contributed by atoms with van der Waals surface area (Å²) in [5.74, 6) is 0. The smallest absolute Gasteiger partial charge is 0.227 e. The van der Waals surface area contributed by atoms with Gasteiger partial charge in [-0.2, -0.15) is 6.20 Å². The molecule has 116 valence electrons. The molecule has 0 saturated heterocycles. The van der Waals surface area contributed by atoms with E-state index in [1.54, 1.807) is 6.20 Å². The van der Waals surface area contributed by atoms with Crippen molar-refractivity contribution in [3.63, 3.8) is 0 Å². The number of furan rings is 1. The number of rotatable bonds is 1. The van der Waals surface area contributed by atoms with Crippen molar-refractivity contribution in [3.05, 3.63) is 77.5 Å². The molecule has 1 N–H and O–H groups in total. The minimum Gasteiger partial charge on any atom is -0.604 e. The molecule has 1 aliphatic heterocycles. The molecule has 2 aromatic carbocycles. The van der Waals surface area contributed by atoms with Crippen LogP contribution in [0.3, 0.4) is 0 Å². The molecule has 24 heavy (non-hydrogen) atoms. The number of hydrogen-bond acceptors (Lipinski definition) is 3. The summed E-state index contributed by atoms with van der Waals surface area (Å²) in [6.45, 7) is 2.08. The van der Waals surface area contributed by atoms with Crippen LogP contribution in [0.25, 0.3) is 44.0 Å². The molecule has 0 unspecified atom stereocenters. The fourth-order valence-electron chi connectivity index (χ4n) is 3.36. The van der Waals surface area contributed by atoms with E-state index in [2.05, 4.69) is 47.0 Å². The number of aromatic nitrogens is 1. The number of nitrogens with zero attached hydrogens (tertiary/aromatic N) is 2. The lowest BCUT2D eigenvalue weighted by atomic mass is 10.00. The number of nitrogens with one attached hydrogen (secondary N) is 1. The molecule has 4 nitrogen and oxygen atoms in total. The molecular weight excluding hydrogens is 298 g/mol. The summed E-state index contributed by atoms with van der Waals surface area (Å²) in [5.41, 5.74) is 11.8. The van der Waals surface area contributed by atoms with Gasteiger partial charge in [-0.05, 0) is 23.9 Å². The van der Waals surface area contributed by atoms with Crippen LogP contribution in [-0.2, 0) is 0 Å². The van der Waals surface area contributed by atoms with Crippen LogP contribution in [0.15, 0.2) is 65.4 Å². The van der Waals surface area contributed by atoms with E-state index in [1.807, 2.05) is 30.5 Å². The molecular formula is C20H14N3O-. The van der Waals surface area contributed by atoms with Crippen molar-refractivity contribution < 1.29 is 4.42 Å². The Labute approximate surface area is 138 Å². The molecule has 1 aliphatic rings. The standard InChI is InChI=1S/C20H14N3O/c1-12-8-9-15-18-14-6-3-2-5-13(14)11-21-20(18)24-19(15)17(12)16-7-4-10-22-23-16/h2-11,23H,1H3/q-1. The molecule has 0 saturated carbocycles. The minimum absolute atomic E-state index is 0.666. The van der Waals surface area contributed by atoms with Gasteiger partial charge in [0.15, 0.2) is 0 Å². The normalized spacial score (nSPS) is 14.0. The Morgan fingerprint density at radius 2 is 2.00 bits per heavy atom. The quantitative estimate of drug-likeness (QED) is 0.526. The SMILES string of the molecule is Cc1ccc2c(oc3ncc4ccccc4c32)c1C1=CC=C[N-]N1. The van der Waals surface area contributed by atoms with E-state index in [0.717, 1.165) is 44.0 Å². The van der Waals surface area contributed by atoms with E-state index < -0.39 is 0 Å². The molecule has 5 rings (SSSR count). The molecule has 0 amide bonds. The summed E-state index contributed by atoms with van der Waals surface area (Å²) < 4.78 is 6.17. The maximum absolute atomic E-state index is 6.17. The van der Waals surface area contributed by atoms with Crippen LogP contribution >= 0.6 is 0 Å². The van der Waals surface area contributed by atoms with Crippen molar-refractivity contribution in [1.29, 1.82) is 0 Å². The van der Waals surface area contributed by atoms with E-state index in [9.17, 15) is 0 Å². The number of fused-ring (bicyclic) bond motifs is 5. The number of hydrogen-bond donors (Lipinski definition) is 1. The maximum Gasteiger partial charge on any atom is 0.227 e. The highest BCUT2D eigenvalue weighted by atomic mass is 16.3. The molecule has 2 aromatic heterocycles. The van der Waals surface area contributed by atoms with Gasteiger partial charge < -0.3 is 15.3 Å². The zero-order valence-electron chi connectivity index (χ0n) is 13.1. The summed E-state index contributed by atoms with van der Waals surface area (Å²) in [5, 5.41) is 4.41. The number of pyridine rings is 1. The molecule has 0 bridgehead atoms. The Morgan fingerprint density at radius 1 is 1.08 bits per heavy atom. The first-order chi connectivity index (χ1) is 11.8. The first-order valence-electron chi connectivity index (χ1n) is 7.85. The summed E-state index contributed by atoms with van der Waals surface area (Å²) in [6.07, 6.45) is 7.52. The van der Waals surface area contributed by atoms with Crippen LogP contribution in [-0.4, -0.2) is 4.98 Å². The lowest BCUT2D eigenvalue weighted by Crippen LogP contribution is -2.08. The third-order valence-corrected chi connectivity index (χ3v) is 4.48. The molecule has 0 atom stereocenters. The van der Waals surface area contributed by atoms with Gasteiger partial charge in [-0.1, -0.05) is 42.5 Å². The van der Waals surface area contributed by atoms with Gasteiger partial charge in [0.05, 0.1) is 5.39 Å². The fraction of sp³-hybridized carbons (Fsp3) is 0.0500. The van der Waals surface area contributed by atoms with Crippen LogP contribution in [0.2, 0.25) is 0 Å². The molecule has 4 heteroatoms. The Morgan fingerprint density at radius 3 is 2.88 bits per heavy atom. The van der Waals surface area contributed by atoms with Gasteiger partial charge in [0.2, 0.25) is 5.71 Å². The van der Waals surface area contributed by atoms with Gasteiger partial charge in [-0.3, -0.25) is 0 Å². The van der Waals surface area contributed by atoms with Gasteiger partial charge in [0.25, 0.3) is 0 Å². The van der Waals surface area contributed by atoms with Gasteiger partial charge in [-0.25, -0.2) is 4.98 Å². The van der Waals surface area contributed by atoms with Crippen molar-refractivity contribution in [3.8, 4) is 0 Å². The van der Waals surface area contributed by atoms with Crippen molar-refractivity contribution in [1.82, 2.24) is 10.4 Å². The monoisotopic (exact) mass is 312 g/mol. The highest BCUT2D eigenvalue weighted by molar-refractivity contribution is 6.18. The second-order valence-corrected chi connectivity index (χ2v) is 5.92. The average molecular weight is 312 g/mol. The van der Waals surface area contributed by atoms with Crippen LogP contribution in [0.5, 0.6) is 0 Å². The number of benzene rings is 2. The van der Waals surface area contributed by atoms with Gasteiger partial charge in [-0.15, -0.1) is 0 Å². The topological polar surface area (TPSA) is 52.2 Å². The summed E-state index contributed by atoms with van der Waals surface area (Å²) >= 11 is 0. The fourth-order valence-corrected chi connectivity index (χ4v) is 3.36. The van der Waals surface area contributed by atoms with Crippen LogP contribution in [0.4, 0.5) is 0 Å². The largest absolute Gasteiger partial charge is 0.604 e. The van der Waals surface area contributed by atoms with Gasteiger partial charge >= 0.3 is 0 Å². The maximum atomic E-state index is 6.17. The third-order valence-electron chi connectivity index (χ3n) is 4.48. The van der Waals surface area contributed by atoms with E-state index in [-0.39, 0.29) is 0 Å². The van der Waals surface area contributed by atoms with E-state index in [1.165, 1.54) is 0 Å². The Bertz CT molecular complexity index is 1170. The molecule has 0 fully saturated rings. The first-order valence-corrected chi connectivity index (χ1v) is 7.85. The van der Waals surface area contributed by atoms with Crippen LogP contribution in [0, 0.1) is 6.92 Å². The molecule has 0 radical (unpaired) electrons. The van der Waals surface area contributed by atoms with Crippen LogP contribution < -0.4 is 5.43 Å². The summed E-state index contributed by atoms with van der Waals surface area (Å²) in [7, 11) is 0. The second-order valence-electron chi connectivity index (χ2n) is 5.92. The highest BCUT2D eigenvalue weighted by Gasteiger charge is 2.17. The highest BCUT2D eigenvalue weighted by Crippen LogP contribution is 2.37. The lowest BCUT2D eigenvalue weighted by Gasteiger charge is -2.26. The van der Waals surface area contributed by atoms with Gasteiger partial charge in [0, 0.05) is 28.2 Å². The van der Waals surface area contributed by atoms with E-state index in [0.29, 0.717) is 5.71 Å². The molecule has 3 heterocycles. The van der Waals surface area contributed by atoms with Crippen LogP contribution in [0.1, 0.15) is 11.1 Å². The predicted molar refractivity (Wildman–Crippen MR) is 97.4 cm³/mol. The summed E-state index contributed by atoms with van der Waals surface area (Å²) in [4.78, 5) is 4.52. The van der Waals surface area contributed by atoms with Crippen molar-refractivity contribution in [2.75, 3.05) is 0 Å². The summed E-state index contributed by atoms with van der Waals surface area (Å²) in [6, 6.07) is 12.5. The lowest BCUT2D eigenvalue weighted by molar-refractivity contribution is 0.652. The number of aryl methyl sites for hydroxylation is 1. The Balaban J connectivity index is 1.95. The Hall–Kier alpha value is -3.27. The zero-order valence-corrected chi connectivity index (χ0v) is 13.1. The van der Waals surface area contributed by atoms with E-state index in [4.69, 9.17) is 4.42 Å². The van der Waals surface area contributed by atoms with E-state index >= 15 is 0 Å². The van der Waals surface area contributed by atoms with Crippen molar-refractivity contribution >= 4 is 38.5 Å². The first kappa shape index (κ1) is 13.2. The minimum atomic E-state index is 0.666. The zero-order chi connectivity index (χ0) is 16.1. The third kappa shape index (κ3) is 1.77. The predicted octanol–water partition coefficient (Wildman–Crippen LogP) is 5.19.